The summed E-state index contributed by atoms with van der Waals surface area (Å²) in [5.74, 6) is 0.185. The Kier molecular flexibility index (Phi) is 13.2. The molecule has 2 aromatic rings. The van der Waals surface area contributed by atoms with Crippen molar-refractivity contribution in [2.24, 2.45) is 11.8 Å². The number of likely N-dealkylation sites (tertiary alicyclic amines) is 1. The molecule has 0 amide bonds. The van der Waals surface area contributed by atoms with Gasteiger partial charge in [0.05, 0.1) is 23.6 Å². The van der Waals surface area contributed by atoms with E-state index >= 15 is 0 Å². The number of carbonyl (C=O) groups is 1. The molecule has 1 fully saturated rings. The second-order valence-electron chi connectivity index (χ2n) is 10.3. The summed E-state index contributed by atoms with van der Waals surface area (Å²) >= 11 is 0. The monoisotopic (exact) mass is 565 g/mol. The molecule has 0 saturated carbocycles. The molecule has 1 unspecified atom stereocenters. The third-order valence-electron chi connectivity index (χ3n) is 7.01. The Balaban J connectivity index is 0.00000507. The summed E-state index contributed by atoms with van der Waals surface area (Å²) in [7, 11) is -1.92. The maximum Gasteiger partial charge on any atom is 0.309 e. The van der Waals surface area contributed by atoms with Gasteiger partial charge in [-0.05, 0) is 55.3 Å². The van der Waals surface area contributed by atoms with E-state index in [0.717, 1.165) is 44.5 Å². The lowest BCUT2D eigenvalue weighted by Crippen LogP contribution is -2.52. The molecular formula is C29H44ClN3O4S. The minimum absolute atomic E-state index is 0. The van der Waals surface area contributed by atoms with Crippen molar-refractivity contribution in [3.63, 3.8) is 0 Å². The minimum atomic E-state index is -3.58. The predicted molar refractivity (Wildman–Crippen MR) is 155 cm³/mol. The van der Waals surface area contributed by atoms with Gasteiger partial charge in [-0.25, -0.2) is 12.7 Å². The first kappa shape index (κ1) is 32.2. The van der Waals surface area contributed by atoms with Crippen LogP contribution in [0.5, 0.6) is 0 Å². The number of esters is 1. The van der Waals surface area contributed by atoms with Gasteiger partial charge in [0.2, 0.25) is 10.0 Å². The molecule has 2 aromatic carbocycles. The molecule has 38 heavy (non-hydrogen) atoms. The lowest BCUT2D eigenvalue weighted by molar-refractivity contribution is -0.152. The predicted octanol–water partition coefficient (Wildman–Crippen LogP) is 4.75. The molecule has 0 radical (unpaired) electrons. The van der Waals surface area contributed by atoms with Crippen molar-refractivity contribution in [2.45, 2.75) is 57.0 Å². The van der Waals surface area contributed by atoms with E-state index in [1.165, 1.54) is 4.31 Å². The second-order valence-corrected chi connectivity index (χ2v) is 12.4. The Morgan fingerprint density at radius 2 is 1.74 bits per heavy atom. The average molecular weight is 566 g/mol. The molecule has 3 rings (SSSR count). The van der Waals surface area contributed by atoms with Crippen LogP contribution < -0.4 is 5.32 Å². The summed E-state index contributed by atoms with van der Waals surface area (Å²) in [6, 6.07) is 18.7. The summed E-state index contributed by atoms with van der Waals surface area (Å²) in [5, 5.41) is 3.55. The number of nitrogens with zero attached hydrogens (tertiary/aromatic N) is 2. The quantitative estimate of drug-likeness (QED) is 0.353. The van der Waals surface area contributed by atoms with E-state index in [1.807, 2.05) is 38.1 Å². The van der Waals surface area contributed by atoms with E-state index in [1.54, 1.807) is 31.3 Å². The lowest BCUT2D eigenvalue weighted by atomic mass is 9.92. The molecule has 0 aliphatic carbocycles. The Hall–Kier alpha value is -1.97. The number of rotatable bonds is 13. The molecule has 1 saturated heterocycles. The van der Waals surface area contributed by atoms with Crippen LogP contribution in [0.1, 0.15) is 51.5 Å². The van der Waals surface area contributed by atoms with E-state index < -0.39 is 10.0 Å². The number of hydrogen-bond donors (Lipinski definition) is 1. The average Bonchev–Trinajstić information content (AvgIpc) is 2.91. The maximum absolute atomic E-state index is 13.2. The van der Waals surface area contributed by atoms with Gasteiger partial charge >= 0.3 is 5.97 Å². The zero-order valence-electron chi connectivity index (χ0n) is 23.1. The molecule has 1 aliphatic heterocycles. The van der Waals surface area contributed by atoms with Crippen molar-refractivity contribution in [1.82, 2.24) is 14.5 Å². The largest absolute Gasteiger partial charge is 0.465 e. The second kappa shape index (κ2) is 15.6. The topological polar surface area (TPSA) is 79.0 Å². The third kappa shape index (κ3) is 9.06. The molecule has 212 valence electrons. The van der Waals surface area contributed by atoms with Crippen LogP contribution in [-0.4, -0.2) is 69.6 Å². The fourth-order valence-electron chi connectivity index (χ4n) is 4.90. The SMILES string of the molecule is CCN[C@H]1C[C@@H](C(=O)OCC(C)C)CCN1CCC(CN(C)S(=O)(=O)c1ccccc1)c1ccccc1.Cl. The number of likely N-dealkylation sites (N-methyl/N-ethyl adjacent to an activating group) is 1. The molecule has 1 N–H and O–H groups in total. The first-order valence-corrected chi connectivity index (χ1v) is 14.9. The van der Waals surface area contributed by atoms with Crippen molar-refractivity contribution >= 4 is 28.4 Å². The highest BCUT2D eigenvalue weighted by Crippen LogP contribution is 2.28. The summed E-state index contributed by atoms with van der Waals surface area (Å²) < 4.78 is 33.4. The van der Waals surface area contributed by atoms with E-state index in [0.29, 0.717) is 24.0 Å². The fraction of sp³-hybridized carbons (Fsp3) is 0.552. The number of nitrogens with one attached hydrogen (secondary N) is 1. The number of carbonyl (C=O) groups excluding carboxylic acids is 1. The summed E-state index contributed by atoms with van der Waals surface area (Å²) in [6.45, 7) is 9.45. The molecule has 0 bridgehead atoms. The minimum Gasteiger partial charge on any atom is -0.465 e. The Morgan fingerprint density at radius 3 is 2.34 bits per heavy atom. The number of piperidine rings is 1. The van der Waals surface area contributed by atoms with Crippen LogP contribution >= 0.6 is 12.4 Å². The highest BCUT2D eigenvalue weighted by molar-refractivity contribution is 7.89. The number of hydrogen-bond acceptors (Lipinski definition) is 6. The summed E-state index contributed by atoms with van der Waals surface area (Å²) in [5.41, 5.74) is 1.13. The van der Waals surface area contributed by atoms with Gasteiger partial charge in [-0.15, -0.1) is 12.4 Å². The van der Waals surface area contributed by atoms with Gasteiger partial charge in [0.15, 0.2) is 0 Å². The number of ether oxygens (including phenoxy) is 1. The number of benzene rings is 2. The molecule has 9 heteroatoms. The highest BCUT2D eigenvalue weighted by Gasteiger charge is 2.33. The normalized spacial score (nSPS) is 19.2. The van der Waals surface area contributed by atoms with Crippen LogP contribution in [0.2, 0.25) is 0 Å². The smallest absolute Gasteiger partial charge is 0.309 e. The van der Waals surface area contributed by atoms with Crippen molar-refractivity contribution in [2.75, 3.05) is 39.8 Å². The molecule has 1 heterocycles. The molecule has 0 spiro atoms. The number of sulfonamides is 1. The van der Waals surface area contributed by atoms with Crippen molar-refractivity contribution in [1.29, 1.82) is 0 Å². The van der Waals surface area contributed by atoms with Crippen molar-refractivity contribution < 1.29 is 17.9 Å². The van der Waals surface area contributed by atoms with E-state index in [9.17, 15) is 13.2 Å². The van der Waals surface area contributed by atoms with Gasteiger partial charge in [0, 0.05) is 26.7 Å². The van der Waals surface area contributed by atoms with Gasteiger partial charge in [0.1, 0.15) is 0 Å². The van der Waals surface area contributed by atoms with Crippen LogP contribution in [0, 0.1) is 11.8 Å². The molecule has 7 nitrogen and oxygen atoms in total. The third-order valence-corrected chi connectivity index (χ3v) is 8.85. The maximum atomic E-state index is 13.2. The van der Waals surface area contributed by atoms with Crippen molar-refractivity contribution in [3.8, 4) is 0 Å². The molecule has 1 aliphatic rings. The summed E-state index contributed by atoms with van der Waals surface area (Å²) in [4.78, 5) is 15.3. The van der Waals surface area contributed by atoms with Gasteiger partial charge in [0.25, 0.3) is 0 Å². The van der Waals surface area contributed by atoms with Gasteiger partial charge in [-0.3, -0.25) is 9.69 Å². The summed E-state index contributed by atoms with van der Waals surface area (Å²) in [6.07, 6.45) is 2.40. The van der Waals surface area contributed by atoms with Gasteiger partial charge in [-0.2, -0.15) is 0 Å². The first-order chi connectivity index (χ1) is 17.7. The Labute approximate surface area is 235 Å². The van der Waals surface area contributed by atoms with E-state index in [-0.39, 0.29) is 36.4 Å². The zero-order valence-corrected chi connectivity index (χ0v) is 24.7. The van der Waals surface area contributed by atoms with Gasteiger partial charge in [-0.1, -0.05) is 69.3 Å². The van der Waals surface area contributed by atoms with Crippen LogP contribution in [0.3, 0.4) is 0 Å². The van der Waals surface area contributed by atoms with E-state index in [4.69, 9.17) is 4.74 Å². The molecule has 0 aromatic heterocycles. The molecular weight excluding hydrogens is 522 g/mol. The Bertz CT molecular complexity index is 1070. The van der Waals surface area contributed by atoms with Gasteiger partial charge < -0.3 is 10.1 Å². The lowest BCUT2D eigenvalue weighted by Gasteiger charge is -2.40. The standard InChI is InChI=1S/C29H43N3O4S.ClH/c1-5-30-28-20-25(29(33)36-22-23(2)3)16-18-32(28)19-17-26(24-12-8-6-9-13-24)21-31(4)37(34,35)27-14-10-7-11-15-27;/h6-15,23,25-26,28,30H,5,16-22H2,1-4H3;1H/t25-,26?,28+;/m0./s1. The van der Waals surface area contributed by atoms with Crippen LogP contribution in [-0.2, 0) is 19.6 Å². The zero-order chi connectivity index (χ0) is 26.8. The highest BCUT2D eigenvalue weighted by atomic mass is 35.5. The first-order valence-electron chi connectivity index (χ1n) is 13.4. The molecule has 3 atom stereocenters. The fourth-order valence-corrected chi connectivity index (χ4v) is 6.14. The Morgan fingerprint density at radius 1 is 1.11 bits per heavy atom. The van der Waals surface area contributed by atoms with Crippen molar-refractivity contribution in [3.05, 3.63) is 66.2 Å². The van der Waals surface area contributed by atoms with Crippen LogP contribution in [0.15, 0.2) is 65.6 Å². The van der Waals surface area contributed by atoms with Crippen LogP contribution in [0.25, 0.3) is 0 Å². The van der Waals surface area contributed by atoms with E-state index in [2.05, 4.69) is 29.3 Å². The van der Waals surface area contributed by atoms with Crippen LogP contribution in [0.4, 0.5) is 0 Å². The number of halogens is 1.